The molecule has 0 spiro atoms. The van der Waals surface area contributed by atoms with Gasteiger partial charge < -0.3 is 0 Å². The topological polar surface area (TPSA) is 0 Å². The molecule has 0 heterocycles. The Kier molecular flexibility index (Phi) is 16.3. The summed E-state index contributed by atoms with van der Waals surface area (Å²) in [5, 5.41) is 0. The largest absolute Gasteiger partial charge is 0.120 e. The normalized spacial score (nSPS) is 11.0. The number of rotatable bonds is 5. The number of hydrogen-bond acceptors (Lipinski definition) is 0. The third-order valence-electron chi connectivity index (χ3n) is 1.78. The first-order chi connectivity index (χ1) is 6.26. The van der Waals surface area contributed by atoms with Crippen molar-refractivity contribution in [3.05, 3.63) is 0 Å². The van der Waals surface area contributed by atoms with Gasteiger partial charge in [-0.2, -0.15) is 0 Å². The SMILES string of the molecule is C#CC(CCC)CCCC.CCC. The van der Waals surface area contributed by atoms with Gasteiger partial charge in [0.2, 0.25) is 0 Å². The third-order valence-corrected chi connectivity index (χ3v) is 1.78. The first kappa shape index (κ1) is 15.1. The van der Waals surface area contributed by atoms with Crippen molar-refractivity contribution >= 4 is 0 Å². The minimum absolute atomic E-state index is 0.546. The van der Waals surface area contributed by atoms with E-state index in [1.54, 1.807) is 0 Å². The molecule has 0 bridgehead atoms. The maximum Gasteiger partial charge on any atom is 0.0200 e. The quantitative estimate of drug-likeness (QED) is 0.543. The van der Waals surface area contributed by atoms with Gasteiger partial charge in [0.15, 0.2) is 0 Å². The highest BCUT2D eigenvalue weighted by molar-refractivity contribution is 4.92. The van der Waals surface area contributed by atoms with Crippen LogP contribution in [0.4, 0.5) is 0 Å². The Balaban J connectivity index is 0. The lowest BCUT2D eigenvalue weighted by atomic mass is 9.98. The molecule has 0 radical (unpaired) electrons. The van der Waals surface area contributed by atoms with Crippen LogP contribution in [0, 0.1) is 18.3 Å². The molecule has 0 aromatic rings. The Hall–Kier alpha value is -0.440. The second kappa shape index (κ2) is 14.1. The number of unbranched alkanes of at least 4 members (excludes halogenated alkanes) is 1. The van der Waals surface area contributed by atoms with Crippen molar-refractivity contribution in [2.45, 2.75) is 66.2 Å². The second-order valence-electron chi connectivity index (χ2n) is 3.50. The van der Waals surface area contributed by atoms with Crippen molar-refractivity contribution < 1.29 is 0 Å². The first-order valence-corrected chi connectivity index (χ1v) is 5.72. The Bertz CT molecular complexity index is 108. The summed E-state index contributed by atoms with van der Waals surface area (Å²) >= 11 is 0. The Labute approximate surface area is 85.1 Å². The fourth-order valence-electron chi connectivity index (χ4n) is 1.11. The van der Waals surface area contributed by atoms with E-state index in [0.717, 1.165) is 0 Å². The highest BCUT2D eigenvalue weighted by Crippen LogP contribution is 2.12. The Morgan fingerprint density at radius 1 is 1.00 bits per heavy atom. The molecule has 13 heavy (non-hydrogen) atoms. The zero-order chi connectivity index (χ0) is 10.5. The van der Waals surface area contributed by atoms with Crippen molar-refractivity contribution in [2.24, 2.45) is 5.92 Å². The summed E-state index contributed by atoms with van der Waals surface area (Å²) in [4.78, 5) is 0. The fraction of sp³-hybridized carbons (Fsp3) is 0.846. The van der Waals surface area contributed by atoms with Crippen LogP contribution in [0.3, 0.4) is 0 Å². The van der Waals surface area contributed by atoms with E-state index >= 15 is 0 Å². The third kappa shape index (κ3) is 14.4. The van der Waals surface area contributed by atoms with Crippen molar-refractivity contribution in [1.29, 1.82) is 0 Å². The molecule has 0 aromatic carbocycles. The molecule has 0 aliphatic carbocycles. The smallest absolute Gasteiger partial charge is 0.0200 e. The summed E-state index contributed by atoms with van der Waals surface area (Å²) in [6, 6.07) is 0. The van der Waals surface area contributed by atoms with Gasteiger partial charge in [-0.1, -0.05) is 53.4 Å². The zero-order valence-electron chi connectivity index (χ0n) is 9.90. The van der Waals surface area contributed by atoms with E-state index in [1.165, 1.54) is 38.5 Å². The van der Waals surface area contributed by atoms with Crippen LogP contribution in [0.25, 0.3) is 0 Å². The molecule has 0 nitrogen and oxygen atoms in total. The Morgan fingerprint density at radius 3 is 1.85 bits per heavy atom. The molecular weight excluding hydrogens is 156 g/mol. The first-order valence-electron chi connectivity index (χ1n) is 5.72. The maximum absolute atomic E-state index is 5.35. The minimum Gasteiger partial charge on any atom is -0.120 e. The lowest BCUT2D eigenvalue weighted by Crippen LogP contribution is -1.95. The van der Waals surface area contributed by atoms with Gasteiger partial charge in [-0.05, 0) is 12.8 Å². The highest BCUT2D eigenvalue weighted by atomic mass is 14.0. The molecule has 0 saturated heterocycles. The predicted octanol–water partition coefficient (Wildman–Crippen LogP) is 4.64. The van der Waals surface area contributed by atoms with Crippen molar-refractivity contribution in [1.82, 2.24) is 0 Å². The molecule has 0 fully saturated rings. The summed E-state index contributed by atoms with van der Waals surface area (Å²) in [7, 11) is 0. The van der Waals surface area contributed by atoms with Crippen LogP contribution < -0.4 is 0 Å². The van der Waals surface area contributed by atoms with E-state index in [2.05, 4.69) is 33.6 Å². The van der Waals surface area contributed by atoms with E-state index in [9.17, 15) is 0 Å². The molecule has 78 valence electrons. The maximum atomic E-state index is 5.35. The van der Waals surface area contributed by atoms with Gasteiger partial charge in [-0.15, -0.1) is 12.3 Å². The highest BCUT2D eigenvalue weighted by Gasteiger charge is 2.00. The molecule has 1 unspecified atom stereocenters. The van der Waals surface area contributed by atoms with Crippen LogP contribution in [-0.2, 0) is 0 Å². The number of terminal acetylenes is 1. The van der Waals surface area contributed by atoms with Gasteiger partial charge in [0.1, 0.15) is 0 Å². The number of hydrogen-bond donors (Lipinski definition) is 0. The van der Waals surface area contributed by atoms with Crippen LogP contribution in [0.2, 0.25) is 0 Å². The molecule has 1 atom stereocenters. The molecule has 0 saturated carbocycles. The van der Waals surface area contributed by atoms with Crippen LogP contribution in [0.5, 0.6) is 0 Å². The van der Waals surface area contributed by atoms with Gasteiger partial charge in [-0.25, -0.2) is 0 Å². The van der Waals surface area contributed by atoms with E-state index in [-0.39, 0.29) is 0 Å². The average Bonchev–Trinajstić information content (AvgIpc) is 2.13. The summed E-state index contributed by atoms with van der Waals surface area (Å²) in [6.07, 6.45) is 12.8. The van der Waals surface area contributed by atoms with Gasteiger partial charge in [0, 0.05) is 5.92 Å². The predicted molar refractivity (Wildman–Crippen MR) is 62.7 cm³/mol. The van der Waals surface area contributed by atoms with Gasteiger partial charge in [0.25, 0.3) is 0 Å². The van der Waals surface area contributed by atoms with E-state index < -0.39 is 0 Å². The van der Waals surface area contributed by atoms with Crippen LogP contribution in [0.1, 0.15) is 66.2 Å². The summed E-state index contributed by atoms with van der Waals surface area (Å²) in [6.45, 7) is 8.65. The monoisotopic (exact) mass is 182 g/mol. The molecule has 0 aromatic heterocycles. The van der Waals surface area contributed by atoms with Crippen molar-refractivity contribution in [2.75, 3.05) is 0 Å². The molecule has 0 heteroatoms. The summed E-state index contributed by atoms with van der Waals surface area (Å²) in [5.74, 6) is 3.38. The summed E-state index contributed by atoms with van der Waals surface area (Å²) < 4.78 is 0. The van der Waals surface area contributed by atoms with Gasteiger partial charge in [-0.3, -0.25) is 0 Å². The van der Waals surface area contributed by atoms with Crippen LogP contribution >= 0.6 is 0 Å². The van der Waals surface area contributed by atoms with Crippen molar-refractivity contribution in [3.8, 4) is 12.3 Å². The molecule has 0 rings (SSSR count). The van der Waals surface area contributed by atoms with Crippen molar-refractivity contribution in [3.63, 3.8) is 0 Å². The summed E-state index contributed by atoms with van der Waals surface area (Å²) in [5.41, 5.74) is 0. The molecule has 0 N–H and O–H groups in total. The lowest BCUT2D eigenvalue weighted by molar-refractivity contribution is 0.527. The fourth-order valence-corrected chi connectivity index (χ4v) is 1.11. The lowest BCUT2D eigenvalue weighted by Gasteiger charge is -2.06. The molecule has 0 aliphatic rings. The standard InChI is InChI=1S/C10H18.C3H8/c1-4-7-9-10(6-3)8-5-2;1-3-2/h3,10H,4-5,7-9H2,1-2H3;3H2,1-2H3. The van der Waals surface area contributed by atoms with E-state index in [0.29, 0.717) is 5.92 Å². The average molecular weight is 182 g/mol. The molecule has 0 amide bonds. The van der Waals surface area contributed by atoms with Gasteiger partial charge in [0.05, 0.1) is 0 Å². The van der Waals surface area contributed by atoms with Crippen LogP contribution in [0.15, 0.2) is 0 Å². The Morgan fingerprint density at radius 2 is 1.54 bits per heavy atom. The van der Waals surface area contributed by atoms with E-state index in [1.807, 2.05) is 0 Å². The minimum atomic E-state index is 0.546. The molecule has 0 aliphatic heterocycles. The van der Waals surface area contributed by atoms with Gasteiger partial charge >= 0.3 is 0 Å². The van der Waals surface area contributed by atoms with Crippen LogP contribution in [-0.4, -0.2) is 0 Å². The molecular formula is C13H26. The van der Waals surface area contributed by atoms with E-state index in [4.69, 9.17) is 6.42 Å². The zero-order valence-corrected chi connectivity index (χ0v) is 9.90. The second-order valence-corrected chi connectivity index (χ2v) is 3.50.